The molecule has 1 fully saturated rings. The minimum absolute atomic E-state index is 0.727. The molecule has 1 atom stereocenters. The first-order valence-electron chi connectivity index (χ1n) is 7.43. The predicted molar refractivity (Wildman–Crippen MR) is 92.8 cm³/mol. The fourth-order valence-electron chi connectivity index (χ4n) is 2.65. The molecular formula is C15H17N5S2. The van der Waals surface area contributed by atoms with Gasteiger partial charge in [0, 0.05) is 35.0 Å². The van der Waals surface area contributed by atoms with E-state index in [1.54, 1.807) is 11.3 Å². The highest BCUT2D eigenvalue weighted by Gasteiger charge is 2.17. The summed E-state index contributed by atoms with van der Waals surface area (Å²) in [5.41, 5.74) is 1.87. The summed E-state index contributed by atoms with van der Waals surface area (Å²) in [4.78, 5) is 2.37. The Morgan fingerprint density at radius 1 is 1.18 bits per heavy atom. The zero-order chi connectivity index (χ0) is 14.9. The largest absolute Gasteiger partial charge is 0.354 e. The summed E-state index contributed by atoms with van der Waals surface area (Å²) in [6.07, 6.45) is 1.20. The monoisotopic (exact) mass is 331 g/mol. The van der Waals surface area contributed by atoms with Gasteiger partial charge in [0.05, 0.1) is 0 Å². The SMILES string of the molecule is CC1CCN(c2ccc3nnc(-c4ccsc4)n3n2)CCS1. The molecule has 1 unspecified atom stereocenters. The molecule has 0 aromatic carbocycles. The van der Waals surface area contributed by atoms with Crippen molar-refractivity contribution in [2.24, 2.45) is 0 Å². The molecule has 114 valence electrons. The number of fused-ring (bicyclic) bond motifs is 1. The van der Waals surface area contributed by atoms with Crippen LogP contribution in [-0.2, 0) is 0 Å². The number of aromatic nitrogens is 4. The van der Waals surface area contributed by atoms with Gasteiger partial charge in [-0.15, -0.1) is 15.3 Å². The van der Waals surface area contributed by atoms with Crippen LogP contribution in [0, 0.1) is 0 Å². The second-order valence-electron chi connectivity index (χ2n) is 5.45. The van der Waals surface area contributed by atoms with E-state index in [1.807, 2.05) is 27.7 Å². The lowest BCUT2D eigenvalue weighted by molar-refractivity contribution is 0.741. The second-order valence-corrected chi connectivity index (χ2v) is 7.78. The highest BCUT2D eigenvalue weighted by molar-refractivity contribution is 7.99. The fraction of sp³-hybridized carbons (Fsp3) is 0.400. The Morgan fingerprint density at radius 2 is 2.14 bits per heavy atom. The number of rotatable bonds is 2. The number of anilines is 1. The van der Waals surface area contributed by atoms with Gasteiger partial charge >= 0.3 is 0 Å². The van der Waals surface area contributed by atoms with Gasteiger partial charge in [-0.2, -0.15) is 27.6 Å². The number of hydrogen-bond donors (Lipinski definition) is 0. The van der Waals surface area contributed by atoms with Crippen LogP contribution in [-0.4, -0.2) is 43.9 Å². The van der Waals surface area contributed by atoms with Crippen molar-refractivity contribution in [3.05, 3.63) is 29.0 Å². The first kappa shape index (κ1) is 14.0. The van der Waals surface area contributed by atoms with E-state index in [0.717, 1.165) is 46.9 Å². The van der Waals surface area contributed by atoms with E-state index >= 15 is 0 Å². The normalized spacial score (nSPS) is 19.5. The predicted octanol–water partition coefficient (Wildman–Crippen LogP) is 3.18. The second kappa shape index (κ2) is 5.89. The van der Waals surface area contributed by atoms with Crippen LogP contribution in [0.15, 0.2) is 29.0 Å². The number of nitrogens with zero attached hydrogens (tertiary/aromatic N) is 5. The third-order valence-electron chi connectivity index (χ3n) is 3.92. The van der Waals surface area contributed by atoms with Crippen molar-refractivity contribution in [3.63, 3.8) is 0 Å². The van der Waals surface area contributed by atoms with Crippen LogP contribution in [0.1, 0.15) is 13.3 Å². The molecule has 0 bridgehead atoms. The number of thiophene rings is 1. The van der Waals surface area contributed by atoms with Crippen LogP contribution in [0.2, 0.25) is 0 Å². The zero-order valence-electron chi connectivity index (χ0n) is 12.3. The minimum atomic E-state index is 0.727. The summed E-state index contributed by atoms with van der Waals surface area (Å²) in [6, 6.07) is 6.12. The van der Waals surface area contributed by atoms with E-state index in [2.05, 4.69) is 39.5 Å². The summed E-state index contributed by atoms with van der Waals surface area (Å²) in [6.45, 7) is 4.41. The van der Waals surface area contributed by atoms with Crippen LogP contribution in [0.4, 0.5) is 5.82 Å². The van der Waals surface area contributed by atoms with Gasteiger partial charge in [0.25, 0.3) is 0 Å². The maximum Gasteiger partial charge on any atom is 0.186 e. The van der Waals surface area contributed by atoms with Crippen LogP contribution in [0.25, 0.3) is 17.0 Å². The molecule has 0 spiro atoms. The van der Waals surface area contributed by atoms with Gasteiger partial charge < -0.3 is 4.90 Å². The Bertz CT molecular complexity index is 767. The molecule has 0 saturated carbocycles. The van der Waals surface area contributed by atoms with Crippen LogP contribution in [0.5, 0.6) is 0 Å². The topological polar surface area (TPSA) is 46.3 Å². The standard InChI is InChI=1S/C15H17N5S2/c1-11-4-6-19(7-9-22-11)14-3-2-13-16-17-15(20(13)18-14)12-5-8-21-10-12/h2-3,5,8,10-11H,4,6-7,9H2,1H3. The molecule has 0 N–H and O–H groups in total. The lowest BCUT2D eigenvalue weighted by Crippen LogP contribution is -2.27. The molecule has 0 radical (unpaired) electrons. The van der Waals surface area contributed by atoms with Gasteiger partial charge in [0.15, 0.2) is 11.5 Å². The average molecular weight is 331 g/mol. The molecule has 0 amide bonds. The Kier molecular flexibility index (Phi) is 3.75. The molecule has 7 heteroatoms. The van der Waals surface area contributed by atoms with Crippen molar-refractivity contribution in [2.75, 3.05) is 23.7 Å². The smallest absolute Gasteiger partial charge is 0.186 e. The van der Waals surface area contributed by atoms with E-state index in [-0.39, 0.29) is 0 Å². The maximum absolute atomic E-state index is 4.79. The van der Waals surface area contributed by atoms with E-state index in [0.29, 0.717) is 0 Å². The third-order valence-corrected chi connectivity index (χ3v) is 5.83. The van der Waals surface area contributed by atoms with Crippen molar-refractivity contribution in [1.82, 2.24) is 19.8 Å². The lowest BCUT2D eigenvalue weighted by Gasteiger charge is -2.20. The maximum atomic E-state index is 4.79. The molecule has 22 heavy (non-hydrogen) atoms. The van der Waals surface area contributed by atoms with Crippen molar-refractivity contribution < 1.29 is 0 Å². The molecule has 5 nitrogen and oxygen atoms in total. The van der Waals surface area contributed by atoms with Crippen molar-refractivity contribution in [2.45, 2.75) is 18.6 Å². The Labute approximate surface area is 137 Å². The third kappa shape index (κ3) is 2.59. The highest BCUT2D eigenvalue weighted by Crippen LogP contribution is 2.24. The van der Waals surface area contributed by atoms with Crippen molar-refractivity contribution in [1.29, 1.82) is 0 Å². The molecule has 0 aliphatic carbocycles. The average Bonchev–Trinajstić information content (AvgIpc) is 3.14. The van der Waals surface area contributed by atoms with Crippen LogP contribution < -0.4 is 4.90 Å². The molecule has 3 aromatic rings. The lowest BCUT2D eigenvalue weighted by atomic mass is 10.3. The summed E-state index contributed by atoms with van der Waals surface area (Å²) in [5.74, 6) is 2.98. The summed E-state index contributed by atoms with van der Waals surface area (Å²) in [5, 5.41) is 18.2. The minimum Gasteiger partial charge on any atom is -0.354 e. The molecule has 1 aliphatic heterocycles. The Morgan fingerprint density at radius 3 is 3.00 bits per heavy atom. The van der Waals surface area contributed by atoms with E-state index in [1.165, 1.54) is 6.42 Å². The number of hydrogen-bond acceptors (Lipinski definition) is 6. The Hall–Kier alpha value is -1.60. The fourth-order valence-corrected chi connectivity index (χ4v) is 4.28. The van der Waals surface area contributed by atoms with Gasteiger partial charge in [-0.05, 0) is 30.0 Å². The van der Waals surface area contributed by atoms with Gasteiger partial charge in [-0.1, -0.05) is 6.92 Å². The van der Waals surface area contributed by atoms with Crippen LogP contribution in [0.3, 0.4) is 0 Å². The van der Waals surface area contributed by atoms with E-state index in [4.69, 9.17) is 5.10 Å². The van der Waals surface area contributed by atoms with Crippen molar-refractivity contribution >= 4 is 34.6 Å². The van der Waals surface area contributed by atoms with Gasteiger partial charge in [0.1, 0.15) is 5.82 Å². The van der Waals surface area contributed by atoms with Gasteiger partial charge in [-0.25, -0.2) is 0 Å². The summed E-state index contributed by atoms with van der Waals surface area (Å²) in [7, 11) is 0. The highest BCUT2D eigenvalue weighted by atomic mass is 32.2. The quantitative estimate of drug-likeness (QED) is 0.722. The molecule has 3 aromatic heterocycles. The Balaban J connectivity index is 1.72. The molecule has 4 heterocycles. The van der Waals surface area contributed by atoms with Crippen LogP contribution >= 0.6 is 23.1 Å². The summed E-state index contributed by atoms with van der Waals surface area (Å²) < 4.78 is 1.86. The zero-order valence-corrected chi connectivity index (χ0v) is 14.0. The molecular weight excluding hydrogens is 314 g/mol. The molecule has 1 aliphatic rings. The van der Waals surface area contributed by atoms with Gasteiger partial charge in [0.2, 0.25) is 0 Å². The van der Waals surface area contributed by atoms with E-state index in [9.17, 15) is 0 Å². The molecule has 1 saturated heterocycles. The first-order chi connectivity index (χ1) is 10.8. The van der Waals surface area contributed by atoms with Gasteiger partial charge in [-0.3, -0.25) is 0 Å². The van der Waals surface area contributed by atoms with Crippen molar-refractivity contribution in [3.8, 4) is 11.4 Å². The first-order valence-corrected chi connectivity index (χ1v) is 9.42. The molecule has 4 rings (SSSR count). The summed E-state index contributed by atoms with van der Waals surface area (Å²) >= 11 is 3.70. The van der Waals surface area contributed by atoms with E-state index < -0.39 is 0 Å². The number of thioether (sulfide) groups is 1.